The summed E-state index contributed by atoms with van der Waals surface area (Å²) in [7, 11) is 0. The third kappa shape index (κ3) is 6.02. The van der Waals surface area contributed by atoms with Gasteiger partial charge in [-0.15, -0.1) is 0 Å². The van der Waals surface area contributed by atoms with Gasteiger partial charge < -0.3 is 15.8 Å². The highest BCUT2D eigenvalue weighted by atomic mass is 16.5. The van der Waals surface area contributed by atoms with Crippen molar-refractivity contribution in [1.29, 1.82) is 0 Å². The summed E-state index contributed by atoms with van der Waals surface area (Å²) in [6.45, 7) is 0.144. The minimum Gasteiger partial charge on any atom is -0.459 e. The van der Waals surface area contributed by atoms with Crippen molar-refractivity contribution in [3.8, 4) is 0 Å². The van der Waals surface area contributed by atoms with Crippen LogP contribution in [0.4, 0.5) is 0 Å². The van der Waals surface area contributed by atoms with Crippen molar-refractivity contribution in [2.75, 3.05) is 0 Å². The number of ether oxygens (including phenoxy) is 1. The Labute approximate surface area is 170 Å². The second kappa shape index (κ2) is 10.2. The Morgan fingerprint density at radius 1 is 0.793 bits per heavy atom. The molecule has 0 aliphatic carbocycles. The second-order valence-electron chi connectivity index (χ2n) is 6.73. The predicted molar refractivity (Wildman–Crippen MR) is 112 cm³/mol. The van der Waals surface area contributed by atoms with Crippen LogP contribution in [0.3, 0.4) is 0 Å². The van der Waals surface area contributed by atoms with Crippen molar-refractivity contribution < 1.29 is 14.3 Å². The Hall–Kier alpha value is -3.44. The van der Waals surface area contributed by atoms with Gasteiger partial charge >= 0.3 is 5.97 Å². The number of nitrogens with one attached hydrogen (secondary N) is 1. The zero-order chi connectivity index (χ0) is 20.5. The number of esters is 1. The third-order valence-electron chi connectivity index (χ3n) is 4.55. The van der Waals surface area contributed by atoms with E-state index in [1.807, 2.05) is 78.9 Å². The van der Waals surface area contributed by atoms with Crippen LogP contribution in [0.25, 0.3) is 0 Å². The first-order valence-electron chi connectivity index (χ1n) is 9.49. The Bertz CT molecular complexity index is 915. The van der Waals surface area contributed by atoms with E-state index in [9.17, 15) is 9.59 Å². The molecule has 0 saturated carbocycles. The Morgan fingerprint density at radius 3 is 1.90 bits per heavy atom. The summed E-state index contributed by atoms with van der Waals surface area (Å²) in [5.74, 6) is -0.917. The van der Waals surface area contributed by atoms with Gasteiger partial charge in [0.25, 0.3) is 0 Å². The summed E-state index contributed by atoms with van der Waals surface area (Å²) in [6.07, 6.45) is 0.321. The van der Waals surface area contributed by atoms with Crippen LogP contribution in [0.5, 0.6) is 0 Å². The molecule has 3 rings (SSSR count). The number of carbonyl (C=O) groups is 2. The molecule has 148 valence electrons. The minimum atomic E-state index is -0.864. The maximum Gasteiger partial charge on any atom is 0.329 e. The Morgan fingerprint density at radius 2 is 1.31 bits per heavy atom. The summed E-state index contributed by atoms with van der Waals surface area (Å²) in [5.41, 5.74) is 8.56. The van der Waals surface area contributed by atoms with Gasteiger partial charge in [-0.05, 0) is 16.7 Å². The van der Waals surface area contributed by atoms with Crippen molar-refractivity contribution in [2.45, 2.75) is 25.1 Å². The number of hydrogen-bond acceptors (Lipinski definition) is 4. The van der Waals surface area contributed by atoms with Crippen LogP contribution in [0.1, 0.15) is 22.7 Å². The predicted octanol–water partition coefficient (Wildman–Crippen LogP) is 3.16. The monoisotopic (exact) mass is 388 g/mol. The molecule has 5 nitrogen and oxygen atoms in total. The molecule has 5 heteroatoms. The summed E-state index contributed by atoms with van der Waals surface area (Å²) in [4.78, 5) is 25.4. The first-order chi connectivity index (χ1) is 14.1. The number of nitrogens with two attached hydrogens (primary N) is 1. The molecule has 0 fully saturated rings. The van der Waals surface area contributed by atoms with Gasteiger partial charge in [-0.25, -0.2) is 4.79 Å². The molecule has 0 heterocycles. The van der Waals surface area contributed by atoms with E-state index >= 15 is 0 Å². The molecular formula is C24H24N2O3. The lowest BCUT2D eigenvalue weighted by Crippen LogP contribution is -2.46. The van der Waals surface area contributed by atoms with Crippen LogP contribution in [0.2, 0.25) is 0 Å². The first kappa shape index (κ1) is 20.3. The summed E-state index contributed by atoms with van der Waals surface area (Å²) in [5, 5.41) is 2.76. The topological polar surface area (TPSA) is 81.4 Å². The summed E-state index contributed by atoms with van der Waals surface area (Å²) >= 11 is 0. The fourth-order valence-electron chi connectivity index (χ4n) is 2.95. The number of amides is 1. The van der Waals surface area contributed by atoms with Gasteiger partial charge in [-0.1, -0.05) is 91.0 Å². The smallest absolute Gasteiger partial charge is 0.329 e. The van der Waals surface area contributed by atoms with Gasteiger partial charge in [0, 0.05) is 6.42 Å². The second-order valence-corrected chi connectivity index (χ2v) is 6.73. The number of benzene rings is 3. The fraction of sp³-hybridized carbons (Fsp3) is 0.167. The molecule has 0 radical (unpaired) electrons. The molecule has 29 heavy (non-hydrogen) atoms. The van der Waals surface area contributed by atoms with E-state index in [1.165, 1.54) is 0 Å². The van der Waals surface area contributed by atoms with Crippen molar-refractivity contribution in [1.82, 2.24) is 5.32 Å². The zero-order valence-electron chi connectivity index (χ0n) is 16.0. The van der Waals surface area contributed by atoms with Crippen LogP contribution < -0.4 is 11.1 Å². The lowest BCUT2D eigenvalue weighted by atomic mass is 10.0. The molecule has 3 aromatic carbocycles. The summed E-state index contributed by atoms with van der Waals surface area (Å²) in [6, 6.07) is 26.3. The van der Waals surface area contributed by atoms with Crippen LogP contribution in [-0.2, 0) is 27.4 Å². The maximum atomic E-state index is 12.7. The van der Waals surface area contributed by atoms with Gasteiger partial charge in [0.1, 0.15) is 18.7 Å². The van der Waals surface area contributed by atoms with E-state index in [-0.39, 0.29) is 6.61 Å². The average Bonchev–Trinajstić information content (AvgIpc) is 2.78. The minimum absolute atomic E-state index is 0.144. The quantitative estimate of drug-likeness (QED) is 0.581. The lowest BCUT2D eigenvalue weighted by Gasteiger charge is -2.20. The molecule has 0 bridgehead atoms. The molecule has 0 aromatic heterocycles. The van der Waals surface area contributed by atoms with Crippen LogP contribution >= 0.6 is 0 Å². The van der Waals surface area contributed by atoms with Gasteiger partial charge in [0.2, 0.25) is 5.91 Å². The highest BCUT2D eigenvalue weighted by Crippen LogP contribution is 2.12. The van der Waals surface area contributed by atoms with Crippen molar-refractivity contribution in [2.24, 2.45) is 5.73 Å². The Kier molecular flexibility index (Phi) is 7.14. The molecule has 2 atom stereocenters. The highest BCUT2D eigenvalue weighted by Gasteiger charge is 2.26. The van der Waals surface area contributed by atoms with Gasteiger partial charge in [0.05, 0.1) is 0 Å². The zero-order valence-corrected chi connectivity index (χ0v) is 16.0. The molecule has 3 aromatic rings. The maximum absolute atomic E-state index is 12.7. The van der Waals surface area contributed by atoms with E-state index in [0.29, 0.717) is 12.0 Å². The van der Waals surface area contributed by atoms with Crippen LogP contribution in [-0.4, -0.2) is 17.9 Å². The largest absolute Gasteiger partial charge is 0.459 e. The molecule has 0 unspecified atom stereocenters. The fourth-order valence-corrected chi connectivity index (χ4v) is 2.95. The normalized spacial score (nSPS) is 12.6. The van der Waals surface area contributed by atoms with Gasteiger partial charge in [-0.2, -0.15) is 0 Å². The van der Waals surface area contributed by atoms with Crippen LogP contribution in [0.15, 0.2) is 91.0 Å². The van der Waals surface area contributed by atoms with Gasteiger partial charge in [0.15, 0.2) is 0 Å². The molecule has 0 aliphatic heterocycles. The van der Waals surface area contributed by atoms with Crippen molar-refractivity contribution >= 4 is 11.9 Å². The van der Waals surface area contributed by atoms with E-state index in [1.54, 1.807) is 12.1 Å². The van der Waals surface area contributed by atoms with Crippen molar-refractivity contribution in [3.63, 3.8) is 0 Å². The number of rotatable bonds is 8. The first-order valence-corrected chi connectivity index (χ1v) is 9.49. The molecule has 1 amide bonds. The SMILES string of the molecule is N[C@H](C(=O)N[C@@H](Cc1ccccc1)C(=O)OCc1ccccc1)c1ccccc1. The molecule has 3 N–H and O–H groups in total. The molecule has 0 saturated heterocycles. The average molecular weight is 388 g/mol. The number of hydrogen-bond donors (Lipinski definition) is 2. The molecular weight excluding hydrogens is 364 g/mol. The molecule has 0 aliphatic rings. The lowest BCUT2D eigenvalue weighted by molar-refractivity contribution is -0.149. The van der Waals surface area contributed by atoms with Crippen LogP contribution in [0, 0.1) is 0 Å². The van der Waals surface area contributed by atoms with Crippen molar-refractivity contribution in [3.05, 3.63) is 108 Å². The highest BCUT2D eigenvalue weighted by molar-refractivity contribution is 5.88. The van der Waals surface area contributed by atoms with E-state index in [2.05, 4.69) is 5.32 Å². The van der Waals surface area contributed by atoms with Gasteiger partial charge in [-0.3, -0.25) is 4.79 Å². The third-order valence-corrected chi connectivity index (χ3v) is 4.55. The summed E-state index contributed by atoms with van der Waals surface area (Å²) < 4.78 is 5.45. The van der Waals surface area contributed by atoms with E-state index in [4.69, 9.17) is 10.5 Å². The van der Waals surface area contributed by atoms with E-state index < -0.39 is 24.0 Å². The Balaban J connectivity index is 1.70. The van der Waals surface area contributed by atoms with E-state index in [0.717, 1.165) is 11.1 Å². The molecule has 0 spiro atoms. The number of carbonyl (C=O) groups excluding carboxylic acids is 2. The standard InChI is InChI=1S/C24H24N2O3/c25-22(20-14-8-3-9-15-20)23(27)26-21(16-18-10-4-1-5-11-18)24(28)29-17-19-12-6-2-7-13-19/h1-15,21-22H,16-17,25H2,(H,26,27)/t21-,22-/m0/s1.